The summed E-state index contributed by atoms with van der Waals surface area (Å²) in [6.45, 7) is 0. The zero-order valence-corrected chi connectivity index (χ0v) is 11.0. The number of nitro groups is 1. The minimum Gasteiger partial charge on any atom is -0.478 e. The van der Waals surface area contributed by atoms with Gasteiger partial charge in [-0.25, -0.2) is 14.2 Å². The molecule has 9 heteroatoms. The van der Waals surface area contributed by atoms with Gasteiger partial charge < -0.3 is 10.4 Å². The van der Waals surface area contributed by atoms with Crippen LogP contribution in [-0.4, -0.2) is 21.0 Å². The number of benzene rings is 1. The van der Waals surface area contributed by atoms with Crippen LogP contribution >= 0.6 is 11.6 Å². The lowest BCUT2D eigenvalue weighted by atomic mass is 10.2. The summed E-state index contributed by atoms with van der Waals surface area (Å²) in [5, 5.41) is 21.9. The van der Waals surface area contributed by atoms with E-state index in [4.69, 9.17) is 16.7 Å². The van der Waals surface area contributed by atoms with Crippen molar-refractivity contribution in [3.05, 3.63) is 57.0 Å². The third-order valence-corrected chi connectivity index (χ3v) is 2.79. The molecule has 0 spiro atoms. The number of rotatable bonds is 4. The average Bonchev–Trinajstić information content (AvgIpc) is 2.40. The van der Waals surface area contributed by atoms with Gasteiger partial charge in [-0.2, -0.15) is 0 Å². The van der Waals surface area contributed by atoms with Gasteiger partial charge in [0.05, 0.1) is 15.5 Å². The molecule has 0 amide bonds. The second kappa shape index (κ2) is 5.71. The maximum Gasteiger partial charge on any atom is 0.338 e. The Kier molecular flexibility index (Phi) is 3.99. The van der Waals surface area contributed by atoms with Gasteiger partial charge in [-0.1, -0.05) is 11.6 Å². The number of carboxylic acid groups (broad SMARTS) is 1. The molecule has 7 nitrogen and oxygen atoms in total. The Morgan fingerprint density at radius 3 is 2.67 bits per heavy atom. The van der Waals surface area contributed by atoms with Gasteiger partial charge in [0, 0.05) is 11.8 Å². The number of pyridine rings is 1. The van der Waals surface area contributed by atoms with E-state index in [0.29, 0.717) is 0 Å². The number of hydrogen-bond donors (Lipinski definition) is 2. The molecule has 1 aromatic heterocycles. The van der Waals surface area contributed by atoms with E-state index in [-0.39, 0.29) is 22.2 Å². The van der Waals surface area contributed by atoms with Crippen LogP contribution in [0.5, 0.6) is 0 Å². The van der Waals surface area contributed by atoms with E-state index >= 15 is 0 Å². The van der Waals surface area contributed by atoms with Crippen LogP contribution in [-0.2, 0) is 0 Å². The van der Waals surface area contributed by atoms with Gasteiger partial charge in [-0.3, -0.25) is 10.1 Å². The quantitative estimate of drug-likeness (QED) is 0.663. The Labute approximate surface area is 122 Å². The summed E-state index contributed by atoms with van der Waals surface area (Å²) in [5.74, 6) is -2.22. The molecular formula is C12H7ClFN3O4. The minimum atomic E-state index is -1.38. The molecule has 21 heavy (non-hydrogen) atoms. The number of nitrogens with zero attached hydrogens (tertiary/aromatic N) is 2. The lowest BCUT2D eigenvalue weighted by Crippen LogP contribution is -2.02. The van der Waals surface area contributed by atoms with E-state index in [1.807, 2.05) is 0 Å². The van der Waals surface area contributed by atoms with E-state index in [1.54, 1.807) is 0 Å². The first-order chi connectivity index (χ1) is 9.88. The number of carbonyl (C=O) groups is 1. The molecule has 108 valence electrons. The zero-order valence-electron chi connectivity index (χ0n) is 10.2. The smallest absolute Gasteiger partial charge is 0.338 e. The lowest BCUT2D eigenvalue weighted by Gasteiger charge is -2.08. The normalized spacial score (nSPS) is 10.2. The molecule has 0 saturated heterocycles. The minimum absolute atomic E-state index is 0.0214. The maximum absolute atomic E-state index is 13.5. The van der Waals surface area contributed by atoms with Crippen LogP contribution in [0.15, 0.2) is 30.5 Å². The lowest BCUT2D eigenvalue weighted by molar-refractivity contribution is -0.385. The molecule has 2 aromatic rings. The number of carboxylic acids is 1. The molecule has 2 N–H and O–H groups in total. The summed E-state index contributed by atoms with van der Waals surface area (Å²) in [4.78, 5) is 24.3. The van der Waals surface area contributed by atoms with Gasteiger partial charge in [0.25, 0.3) is 5.69 Å². The molecule has 0 saturated carbocycles. The fourth-order valence-corrected chi connectivity index (χ4v) is 1.73. The van der Waals surface area contributed by atoms with Crippen molar-refractivity contribution in [3.8, 4) is 0 Å². The van der Waals surface area contributed by atoms with Crippen LogP contribution in [0.2, 0.25) is 5.02 Å². The molecule has 0 fully saturated rings. The number of halogens is 2. The summed E-state index contributed by atoms with van der Waals surface area (Å²) >= 11 is 5.83. The number of aromatic nitrogens is 1. The Bertz CT molecular complexity index is 738. The van der Waals surface area contributed by atoms with Gasteiger partial charge in [0.15, 0.2) is 0 Å². The molecule has 2 rings (SSSR count). The highest BCUT2D eigenvalue weighted by Crippen LogP contribution is 2.27. The van der Waals surface area contributed by atoms with Crippen molar-refractivity contribution in [3.63, 3.8) is 0 Å². The number of anilines is 2. The summed E-state index contributed by atoms with van der Waals surface area (Å²) in [5.41, 5.74) is -0.540. The van der Waals surface area contributed by atoms with E-state index in [1.165, 1.54) is 6.07 Å². The van der Waals surface area contributed by atoms with Crippen molar-refractivity contribution in [2.75, 3.05) is 5.32 Å². The Hall–Kier alpha value is -2.74. The zero-order chi connectivity index (χ0) is 15.6. The van der Waals surface area contributed by atoms with E-state index in [2.05, 4.69) is 10.3 Å². The molecule has 1 aromatic carbocycles. The largest absolute Gasteiger partial charge is 0.478 e. The Morgan fingerprint density at radius 1 is 1.43 bits per heavy atom. The topological polar surface area (TPSA) is 105 Å². The summed E-state index contributed by atoms with van der Waals surface area (Å²) in [7, 11) is 0. The number of nitrogens with one attached hydrogen (secondary N) is 1. The first-order valence-corrected chi connectivity index (χ1v) is 5.86. The SMILES string of the molecule is O=C(O)c1ccc(Nc2ncc([N+](=O)[O-])cc2Cl)cc1F. The molecular weight excluding hydrogens is 305 g/mol. The van der Waals surface area contributed by atoms with Crippen molar-refractivity contribution in [2.24, 2.45) is 0 Å². The van der Waals surface area contributed by atoms with Gasteiger partial charge >= 0.3 is 5.97 Å². The van der Waals surface area contributed by atoms with E-state index in [0.717, 1.165) is 24.4 Å². The van der Waals surface area contributed by atoms with Crippen molar-refractivity contribution < 1.29 is 19.2 Å². The molecule has 0 aliphatic heterocycles. The highest BCUT2D eigenvalue weighted by Gasteiger charge is 2.13. The van der Waals surface area contributed by atoms with Crippen LogP contribution < -0.4 is 5.32 Å². The summed E-state index contributed by atoms with van der Waals surface area (Å²) in [6, 6.07) is 4.47. The third-order valence-electron chi connectivity index (χ3n) is 2.50. The van der Waals surface area contributed by atoms with Crippen LogP contribution in [0.1, 0.15) is 10.4 Å². The van der Waals surface area contributed by atoms with E-state index in [9.17, 15) is 19.3 Å². The highest BCUT2D eigenvalue weighted by atomic mass is 35.5. The molecule has 0 bridgehead atoms. The van der Waals surface area contributed by atoms with Crippen molar-refractivity contribution in [2.45, 2.75) is 0 Å². The average molecular weight is 312 g/mol. The van der Waals surface area contributed by atoms with Crippen LogP contribution in [0.4, 0.5) is 21.6 Å². The molecule has 1 heterocycles. The predicted octanol–water partition coefficient (Wildman–Crippen LogP) is 3.22. The first kappa shape index (κ1) is 14.7. The van der Waals surface area contributed by atoms with Gasteiger partial charge in [-0.15, -0.1) is 0 Å². The monoisotopic (exact) mass is 311 g/mol. The summed E-state index contributed by atoms with van der Waals surface area (Å²) in [6.07, 6.45) is 0.996. The number of aromatic carboxylic acids is 1. The van der Waals surface area contributed by atoms with E-state index < -0.39 is 22.3 Å². The fourth-order valence-electron chi connectivity index (χ4n) is 1.52. The Morgan fingerprint density at radius 2 is 2.14 bits per heavy atom. The van der Waals surface area contributed by atoms with Gasteiger partial charge in [0.1, 0.15) is 17.8 Å². The second-order valence-corrected chi connectivity index (χ2v) is 4.31. The fraction of sp³-hybridized carbons (Fsp3) is 0. The van der Waals surface area contributed by atoms with Crippen LogP contribution in [0, 0.1) is 15.9 Å². The highest BCUT2D eigenvalue weighted by molar-refractivity contribution is 6.33. The molecule has 0 unspecified atom stereocenters. The third kappa shape index (κ3) is 3.23. The molecule has 0 atom stereocenters. The number of hydrogen-bond acceptors (Lipinski definition) is 5. The summed E-state index contributed by atoms with van der Waals surface area (Å²) < 4.78 is 13.5. The van der Waals surface area contributed by atoms with Crippen LogP contribution in [0.25, 0.3) is 0 Å². The van der Waals surface area contributed by atoms with Gasteiger partial charge in [0.2, 0.25) is 0 Å². The standard InChI is InChI=1S/C12H7ClFN3O4/c13-9-4-7(17(20)21)5-15-11(9)16-6-1-2-8(12(18)19)10(14)3-6/h1-5H,(H,15,16)(H,18,19). The predicted molar refractivity (Wildman–Crippen MR) is 72.5 cm³/mol. The Balaban J connectivity index is 2.28. The molecule has 0 radical (unpaired) electrons. The maximum atomic E-state index is 13.5. The van der Waals surface area contributed by atoms with Crippen molar-refractivity contribution in [1.29, 1.82) is 0 Å². The molecule has 0 aliphatic carbocycles. The van der Waals surface area contributed by atoms with Crippen molar-refractivity contribution in [1.82, 2.24) is 4.98 Å². The van der Waals surface area contributed by atoms with Gasteiger partial charge in [-0.05, 0) is 18.2 Å². The van der Waals surface area contributed by atoms with Crippen molar-refractivity contribution >= 4 is 34.8 Å². The first-order valence-electron chi connectivity index (χ1n) is 5.48. The molecule has 0 aliphatic rings. The second-order valence-electron chi connectivity index (χ2n) is 3.91. The van der Waals surface area contributed by atoms with Crippen LogP contribution in [0.3, 0.4) is 0 Å².